The third-order valence-electron chi connectivity index (χ3n) is 3.33. The van der Waals surface area contributed by atoms with Crippen LogP contribution in [0, 0.1) is 0 Å². The first-order chi connectivity index (χ1) is 9.54. The van der Waals surface area contributed by atoms with E-state index in [0.717, 1.165) is 0 Å². The highest BCUT2D eigenvalue weighted by molar-refractivity contribution is 6.00. The molecule has 2 atom stereocenters. The predicted molar refractivity (Wildman–Crippen MR) is 73.2 cm³/mol. The Morgan fingerprint density at radius 2 is 2.05 bits per heavy atom. The van der Waals surface area contributed by atoms with E-state index in [-0.39, 0.29) is 17.8 Å². The van der Waals surface area contributed by atoms with Gasteiger partial charge in [0.15, 0.2) is 5.58 Å². The zero-order valence-electron chi connectivity index (χ0n) is 11.4. The van der Waals surface area contributed by atoms with Crippen molar-refractivity contribution in [3.63, 3.8) is 0 Å². The molecule has 2 heterocycles. The van der Waals surface area contributed by atoms with E-state index < -0.39 is 5.97 Å². The third kappa shape index (κ3) is 2.22. The number of rotatable bonds is 2. The first-order valence-electron chi connectivity index (χ1n) is 6.58. The average molecular weight is 276 g/mol. The van der Waals surface area contributed by atoms with Crippen LogP contribution in [0.3, 0.4) is 0 Å². The van der Waals surface area contributed by atoms with Crippen molar-refractivity contribution in [3.05, 3.63) is 23.8 Å². The fourth-order valence-electron chi connectivity index (χ4n) is 2.58. The summed E-state index contributed by atoms with van der Waals surface area (Å²) in [7, 11) is 0. The second kappa shape index (κ2) is 4.79. The number of aromatic carboxylic acids is 1. The summed E-state index contributed by atoms with van der Waals surface area (Å²) in [4.78, 5) is 17.5. The molecule has 1 aliphatic heterocycles. The van der Waals surface area contributed by atoms with Crippen LogP contribution in [0.2, 0.25) is 0 Å². The molecule has 106 valence electrons. The zero-order valence-corrected chi connectivity index (χ0v) is 11.4. The van der Waals surface area contributed by atoms with Crippen molar-refractivity contribution >= 4 is 23.1 Å². The molecule has 2 aromatic rings. The van der Waals surface area contributed by atoms with Crippen molar-refractivity contribution in [1.82, 2.24) is 4.98 Å². The van der Waals surface area contributed by atoms with E-state index >= 15 is 0 Å². The number of carboxylic acids is 1. The summed E-state index contributed by atoms with van der Waals surface area (Å²) >= 11 is 0. The quantitative estimate of drug-likeness (QED) is 0.905. The summed E-state index contributed by atoms with van der Waals surface area (Å²) in [5.74, 6) is -1.00. The first-order valence-corrected chi connectivity index (χ1v) is 6.58. The van der Waals surface area contributed by atoms with Crippen molar-refractivity contribution < 1.29 is 19.1 Å². The van der Waals surface area contributed by atoms with Crippen LogP contribution in [0.5, 0.6) is 0 Å². The Bertz CT molecular complexity index is 642. The lowest BCUT2D eigenvalue weighted by molar-refractivity contribution is -0.00662. The number of para-hydroxylation sites is 1. The molecule has 20 heavy (non-hydrogen) atoms. The van der Waals surface area contributed by atoms with Crippen LogP contribution < -0.4 is 4.90 Å². The summed E-state index contributed by atoms with van der Waals surface area (Å²) in [5, 5.41) is 9.17. The predicted octanol–water partition coefficient (Wildman–Crippen LogP) is 2.14. The Balaban J connectivity index is 2.00. The number of hydrogen-bond acceptors (Lipinski definition) is 5. The fourth-order valence-corrected chi connectivity index (χ4v) is 2.58. The Labute approximate surface area is 116 Å². The van der Waals surface area contributed by atoms with Gasteiger partial charge in [-0.15, -0.1) is 0 Å². The minimum Gasteiger partial charge on any atom is -0.478 e. The third-order valence-corrected chi connectivity index (χ3v) is 3.33. The van der Waals surface area contributed by atoms with Crippen LogP contribution in [-0.4, -0.2) is 41.4 Å². The number of carboxylic acid groups (broad SMARTS) is 1. The Morgan fingerprint density at radius 1 is 1.35 bits per heavy atom. The molecule has 6 nitrogen and oxygen atoms in total. The van der Waals surface area contributed by atoms with E-state index in [1.165, 1.54) is 6.07 Å². The molecule has 1 N–H and O–H groups in total. The van der Waals surface area contributed by atoms with Crippen molar-refractivity contribution in [1.29, 1.82) is 0 Å². The first kappa shape index (κ1) is 12.9. The standard InChI is InChI=1S/C14H16N2O4/c1-8-6-16(7-9(2)19-8)14-15-12-10(13(17)18)4-3-5-11(12)20-14/h3-5,8-9H,6-7H2,1-2H3,(H,17,18). The smallest absolute Gasteiger partial charge is 0.338 e. The van der Waals surface area contributed by atoms with Gasteiger partial charge < -0.3 is 19.2 Å². The van der Waals surface area contributed by atoms with Crippen LogP contribution >= 0.6 is 0 Å². The maximum atomic E-state index is 11.2. The van der Waals surface area contributed by atoms with Gasteiger partial charge in [-0.3, -0.25) is 0 Å². The molecule has 3 rings (SSSR count). The number of carbonyl (C=O) groups is 1. The number of morpholine rings is 1. The maximum Gasteiger partial charge on any atom is 0.338 e. The van der Waals surface area contributed by atoms with E-state index in [2.05, 4.69) is 4.98 Å². The number of ether oxygens (including phenoxy) is 1. The van der Waals surface area contributed by atoms with Gasteiger partial charge in [0.2, 0.25) is 0 Å². The maximum absolute atomic E-state index is 11.2. The molecule has 6 heteroatoms. The number of nitrogens with zero attached hydrogens (tertiary/aromatic N) is 2. The van der Waals surface area contributed by atoms with Crippen molar-refractivity contribution in [2.75, 3.05) is 18.0 Å². The molecule has 0 radical (unpaired) electrons. The molecule has 1 aromatic heterocycles. The lowest BCUT2D eigenvalue weighted by Crippen LogP contribution is -2.45. The minimum atomic E-state index is -1.00. The molecule has 1 fully saturated rings. The van der Waals surface area contributed by atoms with Crippen molar-refractivity contribution in [2.24, 2.45) is 0 Å². The second-order valence-electron chi connectivity index (χ2n) is 5.12. The summed E-state index contributed by atoms with van der Waals surface area (Å²) in [5.41, 5.74) is 1.04. The molecule has 0 aliphatic carbocycles. The average Bonchev–Trinajstić information content (AvgIpc) is 2.80. The van der Waals surface area contributed by atoms with Gasteiger partial charge in [0.25, 0.3) is 6.01 Å². The van der Waals surface area contributed by atoms with Gasteiger partial charge in [0.05, 0.1) is 17.8 Å². The van der Waals surface area contributed by atoms with Crippen LogP contribution in [0.25, 0.3) is 11.1 Å². The summed E-state index contributed by atoms with van der Waals surface area (Å²) < 4.78 is 11.4. The zero-order chi connectivity index (χ0) is 14.3. The number of anilines is 1. The van der Waals surface area contributed by atoms with E-state index in [1.54, 1.807) is 12.1 Å². The van der Waals surface area contributed by atoms with Crippen LogP contribution in [0.1, 0.15) is 24.2 Å². The molecular weight excluding hydrogens is 260 g/mol. The molecule has 2 unspecified atom stereocenters. The van der Waals surface area contributed by atoms with Crippen LogP contribution in [-0.2, 0) is 4.74 Å². The van der Waals surface area contributed by atoms with Crippen LogP contribution in [0.15, 0.2) is 22.6 Å². The van der Waals surface area contributed by atoms with Crippen molar-refractivity contribution in [3.8, 4) is 0 Å². The normalized spacial score (nSPS) is 23.2. The molecule has 0 amide bonds. The lowest BCUT2D eigenvalue weighted by atomic mass is 10.2. The number of aromatic nitrogens is 1. The highest BCUT2D eigenvalue weighted by Crippen LogP contribution is 2.26. The molecule has 0 saturated carbocycles. The SMILES string of the molecule is CC1CN(c2nc3c(C(=O)O)cccc3o2)CC(C)O1. The van der Waals surface area contributed by atoms with E-state index in [1.807, 2.05) is 18.7 Å². The largest absolute Gasteiger partial charge is 0.478 e. The second-order valence-corrected chi connectivity index (χ2v) is 5.12. The summed E-state index contributed by atoms with van der Waals surface area (Å²) in [6.07, 6.45) is 0.181. The van der Waals surface area contributed by atoms with Gasteiger partial charge in [-0.25, -0.2) is 4.79 Å². The lowest BCUT2D eigenvalue weighted by Gasteiger charge is -2.34. The van der Waals surface area contributed by atoms with Gasteiger partial charge in [-0.05, 0) is 26.0 Å². The highest BCUT2D eigenvalue weighted by Gasteiger charge is 2.26. The molecule has 1 saturated heterocycles. The number of benzene rings is 1. The molecule has 0 bridgehead atoms. The number of oxazole rings is 1. The van der Waals surface area contributed by atoms with E-state index in [4.69, 9.17) is 9.15 Å². The van der Waals surface area contributed by atoms with Crippen molar-refractivity contribution in [2.45, 2.75) is 26.1 Å². The topological polar surface area (TPSA) is 75.8 Å². The van der Waals surface area contributed by atoms with Gasteiger partial charge in [-0.1, -0.05) is 6.07 Å². The molecule has 0 spiro atoms. The molecule has 1 aromatic carbocycles. The summed E-state index contributed by atoms with van der Waals surface area (Å²) in [6, 6.07) is 5.37. The molecule has 1 aliphatic rings. The Kier molecular flexibility index (Phi) is 3.10. The highest BCUT2D eigenvalue weighted by atomic mass is 16.5. The van der Waals surface area contributed by atoms with Gasteiger partial charge in [0, 0.05) is 13.1 Å². The fraction of sp³-hybridized carbons (Fsp3) is 0.429. The summed E-state index contributed by atoms with van der Waals surface area (Å²) in [6.45, 7) is 5.35. The van der Waals surface area contributed by atoms with Crippen LogP contribution in [0.4, 0.5) is 6.01 Å². The minimum absolute atomic E-state index is 0.0905. The van der Waals surface area contributed by atoms with Gasteiger partial charge in [-0.2, -0.15) is 4.98 Å². The monoisotopic (exact) mass is 276 g/mol. The van der Waals surface area contributed by atoms with Gasteiger partial charge in [0.1, 0.15) is 5.52 Å². The van der Waals surface area contributed by atoms with E-state index in [0.29, 0.717) is 30.2 Å². The number of fused-ring (bicyclic) bond motifs is 1. The van der Waals surface area contributed by atoms with E-state index in [9.17, 15) is 9.90 Å². The number of hydrogen-bond donors (Lipinski definition) is 1. The molecular formula is C14H16N2O4. The Hall–Kier alpha value is -2.08. The van der Waals surface area contributed by atoms with Gasteiger partial charge >= 0.3 is 5.97 Å². The Morgan fingerprint density at radius 3 is 2.70 bits per heavy atom.